The van der Waals surface area contributed by atoms with Gasteiger partial charge in [0.05, 0.1) is 0 Å². The lowest BCUT2D eigenvalue weighted by Gasteiger charge is -2.18. The van der Waals surface area contributed by atoms with Crippen LogP contribution in [0.15, 0.2) is 36.5 Å². The fourth-order valence-electron chi connectivity index (χ4n) is 8.86. The van der Waals surface area contributed by atoms with E-state index in [0.29, 0.717) is 19.3 Å². The Morgan fingerprint density at radius 1 is 0.294 bits per heavy atom. The zero-order chi connectivity index (χ0) is 49.3. The molecule has 0 spiro atoms. The molecule has 0 aliphatic heterocycles. The normalized spacial score (nSPS) is 12.2. The second-order valence-electron chi connectivity index (χ2n) is 20.3. The number of hydrogen-bond donors (Lipinski definition) is 0. The number of rotatable bonds is 55. The predicted octanol–water partition coefficient (Wildman–Crippen LogP) is 20.0. The highest BCUT2D eigenvalue weighted by atomic mass is 16.6. The summed E-state index contributed by atoms with van der Waals surface area (Å²) >= 11 is 0. The molecular formula is C62H114O6. The average Bonchev–Trinajstić information content (AvgIpc) is 3.34. The zero-order valence-corrected chi connectivity index (χ0v) is 45.6. The molecule has 1 unspecified atom stereocenters. The van der Waals surface area contributed by atoms with Gasteiger partial charge in [0.1, 0.15) is 13.2 Å². The summed E-state index contributed by atoms with van der Waals surface area (Å²) in [6.07, 6.45) is 68.8. The van der Waals surface area contributed by atoms with Crippen LogP contribution in [0.2, 0.25) is 0 Å². The van der Waals surface area contributed by atoms with E-state index in [1.807, 2.05) is 0 Å². The van der Waals surface area contributed by atoms with Crippen LogP contribution in [0.1, 0.15) is 323 Å². The van der Waals surface area contributed by atoms with Gasteiger partial charge in [0.25, 0.3) is 0 Å². The second-order valence-corrected chi connectivity index (χ2v) is 20.3. The third-order valence-electron chi connectivity index (χ3n) is 13.4. The Hall–Kier alpha value is -2.37. The summed E-state index contributed by atoms with van der Waals surface area (Å²) < 4.78 is 16.8. The van der Waals surface area contributed by atoms with Crippen LogP contribution < -0.4 is 0 Å². The van der Waals surface area contributed by atoms with Crippen molar-refractivity contribution in [2.75, 3.05) is 13.2 Å². The van der Waals surface area contributed by atoms with E-state index < -0.39 is 6.10 Å². The maximum atomic E-state index is 12.8. The highest BCUT2D eigenvalue weighted by Crippen LogP contribution is 2.17. The minimum Gasteiger partial charge on any atom is -0.462 e. The first-order chi connectivity index (χ1) is 33.5. The molecule has 0 aromatic heterocycles. The van der Waals surface area contributed by atoms with E-state index in [9.17, 15) is 14.4 Å². The summed E-state index contributed by atoms with van der Waals surface area (Å²) in [4.78, 5) is 38.0. The first-order valence-corrected chi connectivity index (χ1v) is 30.0. The van der Waals surface area contributed by atoms with E-state index in [2.05, 4.69) is 57.2 Å². The molecule has 0 bridgehead atoms. The summed E-state index contributed by atoms with van der Waals surface area (Å²) in [7, 11) is 0. The van der Waals surface area contributed by atoms with Crippen LogP contribution in [-0.4, -0.2) is 37.2 Å². The van der Waals surface area contributed by atoms with Gasteiger partial charge >= 0.3 is 17.9 Å². The molecule has 0 heterocycles. The van der Waals surface area contributed by atoms with E-state index in [0.717, 1.165) is 77.0 Å². The van der Waals surface area contributed by atoms with Crippen LogP contribution in [0, 0.1) is 0 Å². The molecule has 0 aromatic rings. The van der Waals surface area contributed by atoms with Gasteiger partial charge in [-0.1, -0.05) is 282 Å². The topological polar surface area (TPSA) is 78.9 Å². The Kier molecular flexibility index (Phi) is 55.2. The summed E-state index contributed by atoms with van der Waals surface area (Å²) in [6, 6.07) is 0. The largest absolute Gasteiger partial charge is 0.462 e. The molecule has 0 aliphatic carbocycles. The minimum absolute atomic E-state index is 0.0735. The molecule has 0 aromatic carbocycles. The van der Waals surface area contributed by atoms with Gasteiger partial charge < -0.3 is 14.2 Å². The van der Waals surface area contributed by atoms with Crippen LogP contribution in [0.3, 0.4) is 0 Å². The third-order valence-corrected chi connectivity index (χ3v) is 13.4. The average molecular weight is 956 g/mol. The molecule has 0 saturated carbocycles. The monoisotopic (exact) mass is 955 g/mol. The fourth-order valence-corrected chi connectivity index (χ4v) is 8.86. The Balaban J connectivity index is 4.13. The summed E-state index contributed by atoms with van der Waals surface area (Å²) in [5.74, 6) is -0.876. The van der Waals surface area contributed by atoms with Crippen molar-refractivity contribution in [2.24, 2.45) is 0 Å². The van der Waals surface area contributed by atoms with E-state index in [1.54, 1.807) is 0 Å². The highest BCUT2D eigenvalue weighted by molar-refractivity contribution is 5.71. The van der Waals surface area contributed by atoms with Crippen molar-refractivity contribution in [2.45, 2.75) is 329 Å². The van der Waals surface area contributed by atoms with Crippen LogP contribution in [-0.2, 0) is 28.6 Å². The number of unbranched alkanes of at least 4 members (excludes halogenated alkanes) is 38. The molecule has 6 nitrogen and oxygen atoms in total. The molecule has 398 valence electrons. The second kappa shape index (κ2) is 57.2. The Bertz CT molecular complexity index is 1140. The van der Waals surface area contributed by atoms with Gasteiger partial charge in [-0.25, -0.2) is 0 Å². The molecule has 0 fully saturated rings. The van der Waals surface area contributed by atoms with E-state index >= 15 is 0 Å². The van der Waals surface area contributed by atoms with E-state index in [1.165, 1.54) is 205 Å². The molecule has 0 radical (unpaired) electrons. The van der Waals surface area contributed by atoms with Crippen molar-refractivity contribution in [3.8, 4) is 0 Å². The maximum absolute atomic E-state index is 12.8. The number of hydrogen-bond acceptors (Lipinski definition) is 6. The smallest absolute Gasteiger partial charge is 0.306 e. The first kappa shape index (κ1) is 65.6. The first-order valence-electron chi connectivity index (χ1n) is 30.0. The van der Waals surface area contributed by atoms with Crippen molar-refractivity contribution < 1.29 is 28.6 Å². The van der Waals surface area contributed by atoms with Crippen LogP contribution in [0.5, 0.6) is 0 Å². The SMILES string of the molecule is CCCCC/C=C\C/C=C\C/C=C\CCCCCCCCC(=O)OC(COC(=O)CCCCCCCCC)COC(=O)CCCCCCCCCCCCCCCCCCCCCCCCCC. The molecule has 1 atom stereocenters. The molecule has 0 amide bonds. The van der Waals surface area contributed by atoms with Crippen molar-refractivity contribution in [1.82, 2.24) is 0 Å². The summed E-state index contributed by atoms with van der Waals surface area (Å²) in [5, 5.41) is 0. The fraction of sp³-hybridized carbons (Fsp3) is 0.855. The summed E-state index contributed by atoms with van der Waals surface area (Å²) in [5.41, 5.74) is 0. The molecule has 0 rings (SSSR count). The van der Waals surface area contributed by atoms with Gasteiger partial charge in [-0.15, -0.1) is 0 Å². The molecule has 0 saturated heterocycles. The van der Waals surface area contributed by atoms with Gasteiger partial charge in [-0.3, -0.25) is 14.4 Å². The van der Waals surface area contributed by atoms with E-state index in [-0.39, 0.29) is 31.1 Å². The number of ether oxygens (including phenoxy) is 3. The van der Waals surface area contributed by atoms with Crippen LogP contribution in [0.25, 0.3) is 0 Å². The Labute approximate surface area is 423 Å². The van der Waals surface area contributed by atoms with Gasteiger partial charge in [-0.05, 0) is 57.8 Å². The van der Waals surface area contributed by atoms with Crippen molar-refractivity contribution >= 4 is 17.9 Å². The van der Waals surface area contributed by atoms with Crippen molar-refractivity contribution in [3.63, 3.8) is 0 Å². The maximum Gasteiger partial charge on any atom is 0.306 e. The van der Waals surface area contributed by atoms with Crippen molar-refractivity contribution in [3.05, 3.63) is 36.5 Å². The number of carbonyl (C=O) groups excluding carboxylic acids is 3. The Morgan fingerprint density at radius 3 is 0.853 bits per heavy atom. The van der Waals surface area contributed by atoms with Crippen LogP contribution >= 0.6 is 0 Å². The van der Waals surface area contributed by atoms with E-state index in [4.69, 9.17) is 14.2 Å². The number of carbonyl (C=O) groups is 3. The van der Waals surface area contributed by atoms with Crippen molar-refractivity contribution in [1.29, 1.82) is 0 Å². The molecule has 68 heavy (non-hydrogen) atoms. The summed E-state index contributed by atoms with van der Waals surface area (Å²) in [6.45, 7) is 6.60. The quantitative estimate of drug-likeness (QED) is 0.0262. The molecular weight excluding hydrogens is 841 g/mol. The van der Waals surface area contributed by atoms with Crippen LogP contribution in [0.4, 0.5) is 0 Å². The standard InChI is InChI=1S/C62H114O6/c1-4-7-10-13-16-18-20-22-24-26-28-29-30-31-32-34-35-37-39-41-43-46-49-52-55-61(64)67-58-59(57-66-60(63)54-51-48-45-15-12-9-6-3)68-62(65)56-53-50-47-44-42-40-38-36-33-27-25-23-21-19-17-14-11-8-5-2/h17,19,23,25,33,36,59H,4-16,18,20-22,24,26-32,34-35,37-58H2,1-3H3/b19-17-,25-23-,36-33-. The molecule has 0 aliphatic rings. The minimum atomic E-state index is -0.774. The lowest BCUT2D eigenvalue weighted by molar-refractivity contribution is -0.167. The van der Waals surface area contributed by atoms with Gasteiger partial charge in [0, 0.05) is 19.3 Å². The van der Waals surface area contributed by atoms with Gasteiger partial charge in [0.2, 0.25) is 0 Å². The highest BCUT2D eigenvalue weighted by Gasteiger charge is 2.19. The lowest BCUT2D eigenvalue weighted by atomic mass is 10.0. The number of allylic oxidation sites excluding steroid dienone is 6. The number of esters is 3. The predicted molar refractivity (Wildman–Crippen MR) is 293 cm³/mol. The van der Waals surface area contributed by atoms with Gasteiger partial charge in [0.15, 0.2) is 6.10 Å². The lowest BCUT2D eigenvalue weighted by Crippen LogP contribution is -2.30. The molecule has 0 N–H and O–H groups in total. The molecule has 6 heteroatoms. The zero-order valence-electron chi connectivity index (χ0n) is 45.6. The Morgan fingerprint density at radius 2 is 0.529 bits per heavy atom. The third kappa shape index (κ3) is 54.6. The van der Waals surface area contributed by atoms with Gasteiger partial charge in [-0.2, -0.15) is 0 Å².